The van der Waals surface area contributed by atoms with Crippen molar-refractivity contribution in [3.63, 3.8) is 0 Å². The summed E-state index contributed by atoms with van der Waals surface area (Å²) in [6.07, 6.45) is 5.15. The molecule has 166 valence electrons. The number of aromatic nitrogens is 2. The van der Waals surface area contributed by atoms with Crippen LogP contribution in [0.4, 0.5) is 4.79 Å². The lowest BCUT2D eigenvalue weighted by Crippen LogP contribution is -2.47. The molecule has 1 saturated heterocycles. The van der Waals surface area contributed by atoms with Crippen LogP contribution in [0.2, 0.25) is 0 Å². The number of nitrogens with zero attached hydrogens (tertiary/aromatic N) is 4. The number of piperidine rings is 1. The number of benzene rings is 1. The molecule has 2 aliphatic rings. The summed E-state index contributed by atoms with van der Waals surface area (Å²) in [6.45, 7) is 5.76. The first-order valence-electron chi connectivity index (χ1n) is 11.1. The number of urea groups is 1. The van der Waals surface area contributed by atoms with Crippen LogP contribution in [0, 0.1) is 11.3 Å². The van der Waals surface area contributed by atoms with Crippen LogP contribution in [0.3, 0.4) is 0 Å². The Balaban J connectivity index is 1.48. The number of rotatable bonds is 3. The van der Waals surface area contributed by atoms with Crippen molar-refractivity contribution in [2.45, 2.75) is 45.6 Å². The van der Waals surface area contributed by atoms with Crippen LogP contribution >= 0.6 is 0 Å². The van der Waals surface area contributed by atoms with E-state index in [4.69, 9.17) is 0 Å². The molecule has 0 saturated carbocycles. The Labute approximate surface area is 184 Å². The van der Waals surface area contributed by atoms with Gasteiger partial charge < -0.3 is 15.1 Å². The van der Waals surface area contributed by atoms with Gasteiger partial charge in [-0.1, -0.05) is 32.0 Å². The van der Waals surface area contributed by atoms with Crippen molar-refractivity contribution in [1.82, 2.24) is 24.9 Å². The van der Waals surface area contributed by atoms with Crippen molar-refractivity contribution >= 4 is 11.9 Å². The van der Waals surface area contributed by atoms with Crippen molar-refractivity contribution < 1.29 is 9.59 Å². The third-order valence-electron chi connectivity index (χ3n) is 6.52. The molecule has 0 spiro atoms. The highest BCUT2D eigenvalue weighted by molar-refractivity contribution is 5.80. The summed E-state index contributed by atoms with van der Waals surface area (Å²) in [7, 11) is 3.53. The highest BCUT2D eigenvalue weighted by Crippen LogP contribution is 2.41. The number of nitrogens with one attached hydrogen (secondary N) is 1. The monoisotopic (exact) mass is 423 g/mol. The van der Waals surface area contributed by atoms with Gasteiger partial charge in [-0.2, -0.15) is 5.10 Å². The van der Waals surface area contributed by atoms with Gasteiger partial charge in [0.2, 0.25) is 5.91 Å². The van der Waals surface area contributed by atoms with Crippen LogP contribution in [0.25, 0.3) is 5.69 Å². The first-order valence-corrected chi connectivity index (χ1v) is 11.1. The Morgan fingerprint density at radius 1 is 1.13 bits per heavy atom. The lowest BCUT2D eigenvalue weighted by atomic mass is 9.74. The molecule has 0 radical (unpaired) electrons. The minimum absolute atomic E-state index is 0.0193. The number of hydrogen-bond donors (Lipinski definition) is 1. The first kappa shape index (κ1) is 21.4. The third kappa shape index (κ3) is 4.45. The first-order chi connectivity index (χ1) is 14.7. The number of para-hydroxylation sites is 1. The predicted octanol–water partition coefficient (Wildman–Crippen LogP) is 3.40. The molecule has 1 N–H and O–H groups in total. The fourth-order valence-corrected chi connectivity index (χ4v) is 4.87. The quantitative estimate of drug-likeness (QED) is 0.823. The summed E-state index contributed by atoms with van der Waals surface area (Å²) in [5, 5.41) is 7.99. The van der Waals surface area contributed by atoms with Gasteiger partial charge in [-0.3, -0.25) is 4.79 Å². The van der Waals surface area contributed by atoms with E-state index in [1.54, 1.807) is 19.0 Å². The SMILES string of the molecule is CN(C)C(=O)N1CCC(C(=O)NC2CC(C)(C)Cc3c2cnn3-c2ccccc2)CC1. The van der Waals surface area contributed by atoms with E-state index in [0.29, 0.717) is 25.9 Å². The molecule has 1 aromatic carbocycles. The Morgan fingerprint density at radius 3 is 2.45 bits per heavy atom. The molecule has 3 amide bonds. The zero-order chi connectivity index (χ0) is 22.2. The van der Waals surface area contributed by atoms with Crippen LogP contribution in [-0.4, -0.2) is 58.7 Å². The Morgan fingerprint density at radius 2 is 1.81 bits per heavy atom. The number of hydrogen-bond acceptors (Lipinski definition) is 3. The zero-order valence-electron chi connectivity index (χ0n) is 19.0. The Bertz CT molecular complexity index is 942. The minimum atomic E-state index is -0.0520. The number of carbonyl (C=O) groups is 2. The van der Waals surface area contributed by atoms with Crippen molar-refractivity contribution in [3.8, 4) is 5.69 Å². The normalized spacial score (nSPS) is 20.8. The zero-order valence-corrected chi connectivity index (χ0v) is 19.0. The van der Waals surface area contributed by atoms with Gasteiger partial charge in [-0.25, -0.2) is 9.48 Å². The van der Waals surface area contributed by atoms with E-state index in [-0.39, 0.29) is 29.3 Å². The van der Waals surface area contributed by atoms with E-state index >= 15 is 0 Å². The average Bonchev–Trinajstić information content (AvgIpc) is 3.16. The van der Waals surface area contributed by atoms with E-state index in [1.807, 2.05) is 34.0 Å². The molecule has 0 bridgehead atoms. The minimum Gasteiger partial charge on any atom is -0.349 e. The maximum absolute atomic E-state index is 13.1. The summed E-state index contributed by atoms with van der Waals surface area (Å²) in [6, 6.07) is 10.1. The summed E-state index contributed by atoms with van der Waals surface area (Å²) in [4.78, 5) is 28.7. The lowest BCUT2D eigenvalue weighted by Gasteiger charge is -2.37. The van der Waals surface area contributed by atoms with Gasteiger partial charge in [0.25, 0.3) is 0 Å². The topological polar surface area (TPSA) is 70.5 Å². The molecule has 7 heteroatoms. The van der Waals surface area contributed by atoms with Crippen LogP contribution in [0.15, 0.2) is 36.5 Å². The molecule has 4 rings (SSSR count). The maximum Gasteiger partial charge on any atom is 0.319 e. The second kappa shape index (κ2) is 8.36. The molecule has 2 aromatic rings. The van der Waals surface area contributed by atoms with E-state index in [0.717, 1.165) is 24.1 Å². The van der Waals surface area contributed by atoms with Crippen molar-refractivity contribution in [2.24, 2.45) is 11.3 Å². The molecular weight excluding hydrogens is 390 g/mol. The van der Waals surface area contributed by atoms with Gasteiger partial charge in [0.05, 0.1) is 23.6 Å². The van der Waals surface area contributed by atoms with E-state index in [1.165, 1.54) is 5.69 Å². The van der Waals surface area contributed by atoms with Crippen LogP contribution in [0.1, 0.15) is 50.4 Å². The smallest absolute Gasteiger partial charge is 0.319 e. The van der Waals surface area contributed by atoms with Crippen LogP contribution < -0.4 is 5.32 Å². The number of amides is 3. The largest absolute Gasteiger partial charge is 0.349 e. The average molecular weight is 424 g/mol. The van der Waals surface area contributed by atoms with Crippen molar-refractivity contribution in [2.75, 3.05) is 27.2 Å². The van der Waals surface area contributed by atoms with Gasteiger partial charge in [-0.15, -0.1) is 0 Å². The van der Waals surface area contributed by atoms with Gasteiger partial charge >= 0.3 is 6.03 Å². The molecule has 2 heterocycles. The standard InChI is InChI=1S/C24H33N5O2/c1-24(2)14-20(19-16-25-29(21(19)15-24)18-8-6-5-7-9-18)26-22(30)17-10-12-28(13-11-17)23(31)27(3)4/h5-9,16-17,20H,10-15H2,1-4H3,(H,26,30). The molecule has 1 aromatic heterocycles. The summed E-state index contributed by atoms with van der Waals surface area (Å²) in [5.41, 5.74) is 3.42. The highest BCUT2D eigenvalue weighted by Gasteiger charge is 2.37. The van der Waals surface area contributed by atoms with Gasteiger partial charge in [0, 0.05) is 38.7 Å². The van der Waals surface area contributed by atoms with Gasteiger partial charge in [-0.05, 0) is 43.2 Å². The summed E-state index contributed by atoms with van der Waals surface area (Å²) < 4.78 is 2.01. The number of likely N-dealkylation sites (tertiary alicyclic amines) is 1. The van der Waals surface area contributed by atoms with Gasteiger partial charge in [0.15, 0.2) is 0 Å². The van der Waals surface area contributed by atoms with Crippen molar-refractivity contribution in [1.29, 1.82) is 0 Å². The summed E-state index contributed by atoms with van der Waals surface area (Å²) in [5.74, 6) is 0.0435. The fraction of sp³-hybridized carbons (Fsp3) is 0.542. The predicted molar refractivity (Wildman–Crippen MR) is 120 cm³/mol. The van der Waals surface area contributed by atoms with E-state index in [9.17, 15) is 9.59 Å². The number of fused-ring (bicyclic) bond motifs is 1. The van der Waals surface area contributed by atoms with Crippen molar-refractivity contribution in [3.05, 3.63) is 47.8 Å². The Hall–Kier alpha value is -2.83. The maximum atomic E-state index is 13.1. The Kier molecular flexibility index (Phi) is 5.77. The lowest BCUT2D eigenvalue weighted by molar-refractivity contribution is -0.127. The molecule has 31 heavy (non-hydrogen) atoms. The molecule has 1 aliphatic heterocycles. The van der Waals surface area contributed by atoms with Crippen LogP contribution in [0.5, 0.6) is 0 Å². The third-order valence-corrected chi connectivity index (χ3v) is 6.52. The molecular formula is C24H33N5O2. The second-order valence-electron chi connectivity index (χ2n) is 9.84. The molecule has 1 aliphatic carbocycles. The van der Waals surface area contributed by atoms with E-state index < -0.39 is 0 Å². The molecule has 1 fully saturated rings. The van der Waals surface area contributed by atoms with Crippen LogP contribution in [-0.2, 0) is 11.2 Å². The van der Waals surface area contributed by atoms with E-state index in [2.05, 4.69) is 36.4 Å². The fourth-order valence-electron chi connectivity index (χ4n) is 4.87. The summed E-state index contributed by atoms with van der Waals surface area (Å²) >= 11 is 0. The molecule has 1 atom stereocenters. The number of carbonyl (C=O) groups excluding carboxylic acids is 2. The molecule has 7 nitrogen and oxygen atoms in total. The molecule has 1 unspecified atom stereocenters. The highest BCUT2D eigenvalue weighted by atomic mass is 16.2. The van der Waals surface area contributed by atoms with Gasteiger partial charge in [0.1, 0.15) is 0 Å². The second-order valence-corrected chi connectivity index (χ2v) is 9.84.